The number of nitrogens with zero attached hydrogens (tertiary/aromatic N) is 4. The quantitative estimate of drug-likeness (QED) is 0.244. The van der Waals surface area contributed by atoms with Crippen LogP contribution in [0.1, 0.15) is 55.7 Å². The number of rotatable bonds is 10. The van der Waals surface area contributed by atoms with Crippen molar-refractivity contribution in [3.05, 3.63) is 99.3 Å². The average Bonchev–Trinajstić information content (AvgIpc) is 3.65. The number of fused-ring (bicyclic) bond motifs is 1. The lowest BCUT2D eigenvalue weighted by atomic mass is 10.0. The Morgan fingerprint density at radius 3 is 2.65 bits per heavy atom. The van der Waals surface area contributed by atoms with Gasteiger partial charge in [-0.3, -0.25) is 14.4 Å². The number of unbranched alkanes of at least 4 members (excludes halogenated alkanes) is 1. The highest BCUT2D eigenvalue weighted by Gasteiger charge is 2.35. The lowest BCUT2D eigenvalue weighted by molar-refractivity contribution is -0.152. The first-order valence-electron chi connectivity index (χ1n) is 13.3. The number of hydrazone groups is 1. The molecule has 0 bridgehead atoms. The summed E-state index contributed by atoms with van der Waals surface area (Å²) in [7, 11) is 0. The van der Waals surface area contributed by atoms with E-state index in [0.717, 1.165) is 23.9 Å². The smallest absolute Gasteiger partial charge is 0.306 e. The number of amides is 1. The number of ether oxygens (including phenoxy) is 1. The zero-order valence-electron chi connectivity index (χ0n) is 22.1. The van der Waals surface area contributed by atoms with Crippen molar-refractivity contribution in [3.8, 4) is 0 Å². The summed E-state index contributed by atoms with van der Waals surface area (Å²) in [6, 6.07) is 17.7. The Hall–Kier alpha value is -4.24. The number of benzene rings is 2. The minimum Gasteiger partial charge on any atom is -0.467 e. The minimum atomic E-state index is -0.599. The van der Waals surface area contributed by atoms with Crippen molar-refractivity contribution in [1.82, 2.24) is 14.6 Å². The maximum Gasteiger partial charge on any atom is 0.306 e. The second kappa shape index (κ2) is 12.3. The predicted molar refractivity (Wildman–Crippen MR) is 151 cm³/mol. The second-order valence-corrected chi connectivity index (χ2v) is 9.98. The van der Waals surface area contributed by atoms with Gasteiger partial charge >= 0.3 is 5.97 Å². The van der Waals surface area contributed by atoms with Crippen LogP contribution in [-0.2, 0) is 27.3 Å². The Morgan fingerprint density at radius 2 is 1.90 bits per heavy atom. The normalized spacial score (nSPS) is 14.9. The lowest BCUT2D eigenvalue weighted by Gasteiger charge is -2.19. The Bertz CT molecular complexity index is 1590. The fraction of sp³-hybridized carbons (Fsp3) is 0.300. The van der Waals surface area contributed by atoms with Gasteiger partial charge in [-0.25, -0.2) is 9.99 Å². The molecule has 3 heterocycles. The van der Waals surface area contributed by atoms with E-state index in [9.17, 15) is 14.4 Å². The molecular weight excluding hydrogens is 532 g/mol. The van der Waals surface area contributed by atoms with Gasteiger partial charge < -0.3 is 13.7 Å². The molecule has 0 saturated carbocycles. The van der Waals surface area contributed by atoms with Crippen molar-refractivity contribution in [2.45, 2.75) is 51.6 Å². The highest BCUT2D eigenvalue weighted by atomic mass is 35.5. The van der Waals surface area contributed by atoms with Gasteiger partial charge in [0.25, 0.3) is 11.5 Å². The number of hydrogen-bond acceptors (Lipinski definition) is 7. The molecule has 9 nitrogen and oxygen atoms in total. The first kappa shape index (κ1) is 27.3. The molecule has 0 fully saturated rings. The van der Waals surface area contributed by atoms with Gasteiger partial charge in [0, 0.05) is 24.4 Å². The Morgan fingerprint density at radius 1 is 1.10 bits per heavy atom. The number of aryl methyl sites for hydroxylation is 2. The van der Waals surface area contributed by atoms with Crippen LogP contribution in [0.3, 0.4) is 0 Å². The molecule has 0 saturated heterocycles. The van der Waals surface area contributed by atoms with E-state index < -0.39 is 24.5 Å². The first-order chi connectivity index (χ1) is 19.4. The molecule has 0 unspecified atom stereocenters. The van der Waals surface area contributed by atoms with E-state index in [-0.39, 0.29) is 18.4 Å². The van der Waals surface area contributed by atoms with Crippen LogP contribution in [0.2, 0.25) is 5.02 Å². The van der Waals surface area contributed by atoms with Crippen molar-refractivity contribution in [2.75, 3.05) is 6.61 Å². The van der Waals surface area contributed by atoms with Crippen molar-refractivity contribution in [3.63, 3.8) is 0 Å². The van der Waals surface area contributed by atoms with Crippen LogP contribution < -0.4 is 5.56 Å². The van der Waals surface area contributed by atoms with E-state index in [1.54, 1.807) is 28.8 Å². The third kappa shape index (κ3) is 5.99. The zero-order chi connectivity index (χ0) is 28.1. The van der Waals surface area contributed by atoms with Crippen LogP contribution in [0.25, 0.3) is 11.0 Å². The van der Waals surface area contributed by atoms with Crippen LogP contribution in [-0.4, -0.2) is 38.8 Å². The summed E-state index contributed by atoms with van der Waals surface area (Å²) in [4.78, 5) is 43.3. The average molecular weight is 561 g/mol. The standard InChI is InChI=1S/C30H29ClN4O5/c1-2-3-16-34-25-8-5-4-7-22(25)32-23(30(34)38)14-15-29(37)40-19-28(36)35-26(27-9-6-17-39-27)18-24(33-35)20-10-12-21(31)13-11-20/h4-13,17,26H,2-3,14-16,18-19H2,1H3/t26-/m0/s1. The van der Waals surface area contributed by atoms with E-state index in [0.29, 0.717) is 40.7 Å². The molecule has 0 radical (unpaired) electrons. The lowest BCUT2D eigenvalue weighted by Crippen LogP contribution is -2.31. The molecule has 1 aliphatic rings. The molecule has 10 heteroatoms. The summed E-state index contributed by atoms with van der Waals surface area (Å²) in [6.07, 6.45) is 3.81. The summed E-state index contributed by atoms with van der Waals surface area (Å²) >= 11 is 6.01. The maximum absolute atomic E-state index is 13.1. The summed E-state index contributed by atoms with van der Waals surface area (Å²) in [6.45, 7) is 2.16. The maximum atomic E-state index is 13.1. The highest BCUT2D eigenvalue weighted by Crippen LogP contribution is 2.33. The zero-order valence-corrected chi connectivity index (χ0v) is 22.8. The highest BCUT2D eigenvalue weighted by molar-refractivity contribution is 6.30. The third-order valence-corrected chi connectivity index (χ3v) is 7.04. The molecule has 0 N–H and O–H groups in total. The van der Waals surface area contributed by atoms with E-state index >= 15 is 0 Å². The summed E-state index contributed by atoms with van der Waals surface area (Å²) in [5.74, 6) is -0.503. The Kier molecular flexibility index (Phi) is 8.40. The minimum absolute atomic E-state index is 0.0808. The van der Waals surface area contributed by atoms with Gasteiger partial charge in [-0.15, -0.1) is 0 Å². The fourth-order valence-electron chi connectivity index (χ4n) is 4.71. The van der Waals surface area contributed by atoms with Crippen LogP contribution >= 0.6 is 11.6 Å². The van der Waals surface area contributed by atoms with E-state index in [4.69, 9.17) is 20.8 Å². The predicted octanol–water partition coefficient (Wildman–Crippen LogP) is 5.30. The SMILES string of the molecule is CCCCn1c(=O)c(CCC(=O)OCC(=O)N2N=C(c3ccc(Cl)cc3)C[C@H]2c2ccco2)nc2ccccc21. The van der Waals surface area contributed by atoms with Gasteiger partial charge in [-0.05, 0) is 48.4 Å². The molecule has 1 aliphatic heterocycles. The van der Waals surface area contributed by atoms with Gasteiger partial charge in [-0.2, -0.15) is 5.10 Å². The summed E-state index contributed by atoms with van der Waals surface area (Å²) in [5.41, 5.74) is 3.09. The molecule has 5 rings (SSSR count). The second-order valence-electron chi connectivity index (χ2n) is 9.55. The van der Waals surface area contributed by atoms with Crippen LogP contribution in [0.5, 0.6) is 0 Å². The molecule has 1 atom stereocenters. The van der Waals surface area contributed by atoms with Crippen LogP contribution in [0, 0.1) is 0 Å². The first-order valence-corrected chi connectivity index (χ1v) is 13.7. The van der Waals surface area contributed by atoms with Crippen molar-refractivity contribution >= 4 is 40.2 Å². The van der Waals surface area contributed by atoms with E-state index in [2.05, 4.69) is 17.0 Å². The van der Waals surface area contributed by atoms with Crippen LogP contribution in [0.4, 0.5) is 0 Å². The van der Waals surface area contributed by atoms with Gasteiger partial charge in [0.05, 0.1) is 29.4 Å². The monoisotopic (exact) mass is 560 g/mol. The summed E-state index contributed by atoms with van der Waals surface area (Å²) < 4.78 is 12.6. The number of hydrogen-bond donors (Lipinski definition) is 0. The van der Waals surface area contributed by atoms with Gasteiger partial charge in [0.15, 0.2) is 6.61 Å². The van der Waals surface area contributed by atoms with Crippen molar-refractivity contribution in [2.24, 2.45) is 5.10 Å². The van der Waals surface area contributed by atoms with Crippen LogP contribution in [0.15, 0.2) is 81.2 Å². The van der Waals surface area contributed by atoms with Crippen molar-refractivity contribution in [1.29, 1.82) is 0 Å². The van der Waals surface area contributed by atoms with Gasteiger partial charge in [0.2, 0.25) is 0 Å². The fourth-order valence-corrected chi connectivity index (χ4v) is 4.83. The number of furan rings is 1. The van der Waals surface area contributed by atoms with E-state index in [1.807, 2.05) is 36.4 Å². The number of carbonyl (C=O) groups is 2. The Balaban J connectivity index is 1.25. The van der Waals surface area contributed by atoms with Crippen molar-refractivity contribution < 1.29 is 18.7 Å². The number of carbonyl (C=O) groups excluding carboxylic acids is 2. The Labute approximate surface area is 236 Å². The largest absolute Gasteiger partial charge is 0.467 e. The molecule has 4 aromatic rings. The number of para-hydroxylation sites is 2. The molecular formula is C30H29ClN4O5. The molecule has 1 amide bonds. The molecule has 0 spiro atoms. The van der Waals surface area contributed by atoms with E-state index in [1.165, 1.54) is 11.3 Å². The number of esters is 1. The molecule has 40 heavy (non-hydrogen) atoms. The topological polar surface area (TPSA) is 107 Å². The molecule has 206 valence electrons. The molecule has 2 aromatic heterocycles. The number of aromatic nitrogens is 2. The molecule has 0 aliphatic carbocycles. The summed E-state index contributed by atoms with van der Waals surface area (Å²) in [5, 5.41) is 6.42. The van der Waals surface area contributed by atoms with Gasteiger partial charge in [0.1, 0.15) is 17.5 Å². The molecule has 2 aromatic carbocycles. The number of halogens is 1. The van der Waals surface area contributed by atoms with Gasteiger partial charge in [-0.1, -0.05) is 49.2 Å². The third-order valence-electron chi connectivity index (χ3n) is 6.79.